The van der Waals surface area contributed by atoms with E-state index in [1.807, 2.05) is 0 Å². The lowest BCUT2D eigenvalue weighted by molar-refractivity contribution is -0.111. The van der Waals surface area contributed by atoms with Gasteiger partial charge in [0.25, 0.3) is 0 Å². The fourth-order valence-electron chi connectivity index (χ4n) is 2.23. The fourth-order valence-corrected chi connectivity index (χ4v) is 4.24. The van der Waals surface area contributed by atoms with Crippen molar-refractivity contribution < 1.29 is 13.2 Å². The van der Waals surface area contributed by atoms with Crippen molar-refractivity contribution in [2.75, 3.05) is 21.9 Å². The number of benzene rings is 1. The number of amides is 1. The van der Waals surface area contributed by atoms with Crippen LogP contribution in [0.5, 0.6) is 0 Å². The Hall–Kier alpha value is -2.26. The number of hydrogen-bond donors (Lipinski definition) is 1. The second-order valence-corrected chi connectivity index (χ2v) is 7.75. The molecule has 2 heterocycles. The first-order chi connectivity index (χ1) is 11.0. The second-order valence-electron chi connectivity index (χ2n) is 4.90. The molecule has 9 heteroatoms. The fraction of sp³-hybridized carbons (Fsp3) is 0.214. The van der Waals surface area contributed by atoms with Crippen LogP contribution in [0.25, 0.3) is 6.08 Å². The molecule has 0 atom stereocenters. The number of sulfonamides is 1. The van der Waals surface area contributed by atoms with E-state index in [9.17, 15) is 13.2 Å². The van der Waals surface area contributed by atoms with Gasteiger partial charge >= 0.3 is 0 Å². The van der Waals surface area contributed by atoms with Crippen molar-refractivity contribution in [1.82, 2.24) is 10.2 Å². The van der Waals surface area contributed by atoms with E-state index in [2.05, 4.69) is 15.5 Å². The molecule has 1 saturated heterocycles. The zero-order valence-electron chi connectivity index (χ0n) is 12.0. The molecule has 7 nitrogen and oxygen atoms in total. The van der Waals surface area contributed by atoms with E-state index in [0.717, 1.165) is 5.56 Å². The van der Waals surface area contributed by atoms with Gasteiger partial charge in [-0.3, -0.25) is 14.4 Å². The minimum atomic E-state index is -3.17. The SMILES string of the molecule is O=C(/C=C/c1ccc(N2CCCS2(=O)=O)cc1)Nc1nncs1. The molecule has 120 valence electrons. The molecule has 3 rings (SSSR count). The molecule has 1 fully saturated rings. The van der Waals surface area contributed by atoms with E-state index in [-0.39, 0.29) is 11.7 Å². The summed E-state index contributed by atoms with van der Waals surface area (Å²) in [4.78, 5) is 11.7. The van der Waals surface area contributed by atoms with E-state index in [0.29, 0.717) is 23.8 Å². The number of carbonyl (C=O) groups excluding carboxylic acids is 1. The van der Waals surface area contributed by atoms with Crippen LogP contribution in [-0.4, -0.2) is 36.8 Å². The summed E-state index contributed by atoms with van der Waals surface area (Å²) in [6, 6.07) is 7.03. The zero-order valence-corrected chi connectivity index (χ0v) is 13.7. The molecule has 0 unspecified atom stereocenters. The summed E-state index contributed by atoms with van der Waals surface area (Å²) in [5.41, 5.74) is 2.99. The van der Waals surface area contributed by atoms with Crippen molar-refractivity contribution in [3.63, 3.8) is 0 Å². The van der Waals surface area contributed by atoms with Crippen molar-refractivity contribution in [3.8, 4) is 0 Å². The van der Waals surface area contributed by atoms with Gasteiger partial charge in [0.1, 0.15) is 5.51 Å². The first-order valence-electron chi connectivity index (χ1n) is 6.90. The molecule has 23 heavy (non-hydrogen) atoms. The Kier molecular flexibility index (Phi) is 4.39. The minimum Gasteiger partial charge on any atom is -0.297 e. The highest BCUT2D eigenvalue weighted by Gasteiger charge is 2.28. The maximum atomic E-state index is 11.9. The van der Waals surface area contributed by atoms with E-state index in [1.165, 1.54) is 27.2 Å². The van der Waals surface area contributed by atoms with Gasteiger partial charge in [0.05, 0.1) is 11.4 Å². The van der Waals surface area contributed by atoms with Gasteiger partial charge < -0.3 is 0 Å². The van der Waals surface area contributed by atoms with Gasteiger partial charge in [-0.25, -0.2) is 8.42 Å². The Bertz CT molecular complexity index is 814. The van der Waals surface area contributed by atoms with Crippen LogP contribution in [0.4, 0.5) is 10.8 Å². The summed E-state index contributed by atoms with van der Waals surface area (Å²) in [5, 5.41) is 10.4. The highest BCUT2D eigenvalue weighted by Crippen LogP contribution is 2.24. The highest BCUT2D eigenvalue weighted by atomic mass is 32.2. The van der Waals surface area contributed by atoms with Crippen LogP contribution in [0.3, 0.4) is 0 Å². The van der Waals surface area contributed by atoms with Crippen LogP contribution >= 0.6 is 11.3 Å². The average Bonchev–Trinajstić information content (AvgIpc) is 3.15. The molecule has 1 aromatic heterocycles. The Morgan fingerprint density at radius 3 is 2.70 bits per heavy atom. The third kappa shape index (κ3) is 3.74. The summed E-state index contributed by atoms with van der Waals surface area (Å²) in [6.07, 6.45) is 3.69. The molecule has 0 spiro atoms. The van der Waals surface area contributed by atoms with Crippen molar-refractivity contribution in [3.05, 3.63) is 41.4 Å². The summed E-state index contributed by atoms with van der Waals surface area (Å²) >= 11 is 1.24. The molecular weight excluding hydrogens is 336 g/mol. The molecule has 0 aliphatic carbocycles. The molecule has 0 radical (unpaired) electrons. The molecule has 1 aliphatic heterocycles. The number of carbonyl (C=O) groups is 1. The van der Waals surface area contributed by atoms with Crippen LogP contribution in [-0.2, 0) is 14.8 Å². The van der Waals surface area contributed by atoms with Crippen LogP contribution in [0.2, 0.25) is 0 Å². The maximum absolute atomic E-state index is 11.9. The topological polar surface area (TPSA) is 92.3 Å². The van der Waals surface area contributed by atoms with E-state index in [4.69, 9.17) is 0 Å². The largest absolute Gasteiger partial charge is 0.297 e. The predicted octanol–water partition coefficient (Wildman–Crippen LogP) is 1.73. The average molecular weight is 350 g/mol. The quantitative estimate of drug-likeness (QED) is 0.848. The van der Waals surface area contributed by atoms with Crippen molar-refractivity contribution >= 4 is 44.2 Å². The van der Waals surface area contributed by atoms with Gasteiger partial charge in [0, 0.05) is 12.6 Å². The van der Waals surface area contributed by atoms with Crippen LogP contribution in [0.1, 0.15) is 12.0 Å². The molecular formula is C14H14N4O3S2. The Labute approximate surface area is 137 Å². The summed E-state index contributed by atoms with van der Waals surface area (Å²) in [7, 11) is -3.17. The van der Waals surface area contributed by atoms with Gasteiger partial charge in [-0.2, -0.15) is 0 Å². The molecule has 1 aromatic carbocycles. The monoisotopic (exact) mass is 350 g/mol. The lowest BCUT2D eigenvalue weighted by atomic mass is 10.2. The second kappa shape index (κ2) is 6.47. The molecule has 0 bridgehead atoms. The number of anilines is 2. The van der Waals surface area contributed by atoms with Gasteiger partial charge in [0.2, 0.25) is 21.1 Å². The third-order valence-electron chi connectivity index (χ3n) is 3.30. The molecule has 0 saturated carbocycles. The van der Waals surface area contributed by atoms with E-state index in [1.54, 1.807) is 30.3 Å². The van der Waals surface area contributed by atoms with Crippen LogP contribution in [0.15, 0.2) is 35.9 Å². The highest BCUT2D eigenvalue weighted by molar-refractivity contribution is 7.93. The van der Waals surface area contributed by atoms with Gasteiger partial charge in [0.15, 0.2) is 0 Å². The minimum absolute atomic E-state index is 0.195. The Morgan fingerprint density at radius 2 is 2.09 bits per heavy atom. The van der Waals surface area contributed by atoms with E-state index >= 15 is 0 Å². The molecule has 1 aliphatic rings. The van der Waals surface area contributed by atoms with E-state index < -0.39 is 10.0 Å². The lowest BCUT2D eigenvalue weighted by Crippen LogP contribution is -2.24. The summed E-state index contributed by atoms with van der Waals surface area (Å²) in [6.45, 7) is 0.516. The standard InChI is InChI=1S/C14H14N4O3S2/c19-13(16-14-17-15-10-22-14)7-4-11-2-5-12(6-3-11)18-8-1-9-23(18,20)21/h2-7,10H,1,8-9H2,(H,16,17,19)/b7-4+. The van der Waals surface area contributed by atoms with Crippen LogP contribution in [0, 0.1) is 0 Å². The number of rotatable bonds is 4. The van der Waals surface area contributed by atoms with Crippen LogP contribution < -0.4 is 9.62 Å². The molecule has 1 amide bonds. The first-order valence-corrected chi connectivity index (χ1v) is 9.39. The smallest absolute Gasteiger partial charge is 0.250 e. The molecule has 1 N–H and O–H groups in total. The predicted molar refractivity (Wildman–Crippen MR) is 89.8 cm³/mol. The maximum Gasteiger partial charge on any atom is 0.250 e. The number of hydrogen-bond acceptors (Lipinski definition) is 6. The van der Waals surface area contributed by atoms with Crippen molar-refractivity contribution in [1.29, 1.82) is 0 Å². The Balaban J connectivity index is 1.65. The van der Waals surface area contributed by atoms with Gasteiger partial charge in [-0.1, -0.05) is 23.5 Å². The van der Waals surface area contributed by atoms with Crippen molar-refractivity contribution in [2.45, 2.75) is 6.42 Å². The number of aromatic nitrogens is 2. The van der Waals surface area contributed by atoms with Gasteiger partial charge in [-0.05, 0) is 30.2 Å². The summed E-state index contributed by atoms with van der Waals surface area (Å²) < 4.78 is 25.1. The van der Waals surface area contributed by atoms with Gasteiger partial charge in [-0.15, -0.1) is 10.2 Å². The van der Waals surface area contributed by atoms with Crippen molar-refractivity contribution in [2.24, 2.45) is 0 Å². The first kappa shape index (κ1) is 15.6. The zero-order chi connectivity index (χ0) is 16.3. The number of nitrogens with one attached hydrogen (secondary N) is 1. The lowest BCUT2D eigenvalue weighted by Gasteiger charge is -2.16. The normalized spacial score (nSPS) is 16.8. The Morgan fingerprint density at radius 1 is 1.30 bits per heavy atom. The number of nitrogens with zero attached hydrogens (tertiary/aromatic N) is 3. The third-order valence-corrected chi connectivity index (χ3v) is 5.77. The summed E-state index contributed by atoms with van der Waals surface area (Å²) in [5.74, 6) is -0.103. The molecule has 2 aromatic rings.